The SMILES string of the molecule is CCC(CCO)Nc1ccc(C(=O)O)cc1F. The molecule has 1 atom stereocenters. The molecule has 0 saturated carbocycles. The molecule has 0 aliphatic heterocycles. The van der Waals surface area contributed by atoms with Gasteiger partial charge in [0.25, 0.3) is 0 Å². The number of nitrogens with one attached hydrogen (secondary N) is 1. The largest absolute Gasteiger partial charge is 0.478 e. The minimum Gasteiger partial charge on any atom is -0.478 e. The molecule has 0 aromatic heterocycles. The number of aliphatic hydroxyl groups is 1. The van der Waals surface area contributed by atoms with Crippen molar-refractivity contribution in [2.45, 2.75) is 25.8 Å². The monoisotopic (exact) mass is 241 g/mol. The van der Waals surface area contributed by atoms with Crippen LogP contribution in [-0.4, -0.2) is 28.8 Å². The van der Waals surface area contributed by atoms with Gasteiger partial charge in [0.15, 0.2) is 0 Å². The third kappa shape index (κ3) is 3.71. The molecule has 5 heteroatoms. The Labute approximate surface area is 99.1 Å². The topological polar surface area (TPSA) is 69.6 Å². The number of carboxylic acid groups (broad SMARTS) is 1. The molecule has 1 unspecified atom stereocenters. The van der Waals surface area contributed by atoms with Gasteiger partial charge in [0.05, 0.1) is 11.3 Å². The quantitative estimate of drug-likeness (QED) is 0.713. The molecule has 0 aliphatic carbocycles. The number of aromatic carboxylic acids is 1. The lowest BCUT2D eigenvalue weighted by atomic mass is 10.1. The lowest BCUT2D eigenvalue weighted by Crippen LogP contribution is -2.20. The normalized spacial score (nSPS) is 12.2. The van der Waals surface area contributed by atoms with Gasteiger partial charge in [-0.3, -0.25) is 0 Å². The summed E-state index contributed by atoms with van der Waals surface area (Å²) in [5.74, 6) is -1.75. The summed E-state index contributed by atoms with van der Waals surface area (Å²) in [5.41, 5.74) is 0.179. The van der Waals surface area contributed by atoms with E-state index in [9.17, 15) is 9.18 Å². The summed E-state index contributed by atoms with van der Waals surface area (Å²) in [6.45, 7) is 1.96. The Morgan fingerprint density at radius 3 is 2.71 bits per heavy atom. The van der Waals surface area contributed by atoms with Crippen molar-refractivity contribution in [3.63, 3.8) is 0 Å². The first-order valence-electron chi connectivity index (χ1n) is 5.48. The first-order valence-corrected chi connectivity index (χ1v) is 5.48. The van der Waals surface area contributed by atoms with Gasteiger partial charge in [0, 0.05) is 12.6 Å². The number of aliphatic hydroxyl groups excluding tert-OH is 1. The lowest BCUT2D eigenvalue weighted by molar-refractivity contribution is 0.0696. The van der Waals surface area contributed by atoms with E-state index in [0.717, 1.165) is 12.5 Å². The van der Waals surface area contributed by atoms with Gasteiger partial charge in [0.1, 0.15) is 5.82 Å². The highest BCUT2D eigenvalue weighted by molar-refractivity contribution is 5.88. The van der Waals surface area contributed by atoms with Gasteiger partial charge >= 0.3 is 5.97 Å². The summed E-state index contributed by atoms with van der Waals surface area (Å²) < 4.78 is 13.6. The number of halogens is 1. The van der Waals surface area contributed by atoms with Crippen molar-refractivity contribution in [1.29, 1.82) is 0 Å². The number of carbonyl (C=O) groups is 1. The van der Waals surface area contributed by atoms with Crippen LogP contribution < -0.4 is 5.32 Å². The molecule has 0 radical (unpaired) electrons. The van der Waals surface area contributed by atoms with E-state index in [2.05, 4.69) is 5.32 Å². The highest BCUT2D eigenvalue weighted by Crippen LogP contribution is 2.18. The van der Waals surface area contributed by atoms with E-state index in [0.29, 0.717) is 6.42 Å². The highest BCUT2D eigenvalue weighted by atomic mass is 19.1. The van der Waals surface area contributed by atoms with E-state index in [1.807, 2.05) is 6.92 Å². The van der Waals surface area contributed by atoms with Crippen LogP contribution in [0, 0.1) is 5.82 Å². The van der Waals surface area contributed by atoms with Crippen LogP contribution in [0.1, 0.15) is 30.1 Å². The van der Waals surface area contributed by atoms with Crippen LogP contribution in [0.3, 0.4) is 0 Å². The number of rotatable bonds is 6. The molecule has 17 heavy (non-hydrogen) atoms. The van der Waals surface area contributed by atoms with Gasteiger partial charge in [0.2, 0.25) is 0 Å². The lowest BCUT2D eigenvalue weighted by Gasteiger charge is -2.17. The standard InChI is InChI=1S/C12H16FNO3/c1-2-9(5-6-15)14-11-4-3-8(12(16)17)7-10(11)13/h3-4,7,9,14-15H,2,5-6H2,1H3,(H,16,17). The van der Waals surface area contributed by atoms with Crippen molar-refractivity contribution >= 4 is 11.7 Å². The van der Waals surface area contributed by atoms with E-state index in [-0.39, 0.29) is 23.9 Å². The summed E-state index contributed by atoms with van der Waals surface area (Å²) in [6.07, 6.45) is 1.28. The first-order chi connectivity index (χ1) is 8.08. The molecule has 0 amide bonds. The van der Waals surface area contributed by atoms with Crippen molar-refractivity contribution in [3.8, 4) is 0 Å². The number of hydrogen-bond donors (Lipinski definition) is 3. The Hall–Kier alpha value is -1.62. The maximum atomic E-state index is 13.6. The molecule has 0 spiro atoms. The zero-order valence-corrected chi connectivity index (χ0v) is 9.61. The van der Waals surface area contributed by atoms with Crippen molar-refractivity contribution < 1.29 is 19.4 Å². The molecular weight excluding hydrogens is 225 g/mol. The Morgan fingerprint density at radius 2 is 2.24 bits per heavy atom. The molecule has 0 aliphatic rings. The zero-order chi connectivity index (χ0) is 12.8. The average molecular weight is 241 g/mol. The second-order valence-electron chi connectivity index (χ2n) is 3.76. The number of anilines is 1. The van der Waals surface area contributed by atoms with Crippen LogP contribution in [0.15, 0.2) is 18.2 Å². The van der Waals surface area contributed by atoms with Gasteiger partial charge in [-0.2, -0.15) is 0 Å². The van der Waals surface area contributed by atoms with Crippen molar-refractivity contribution in [3.05, 3.63) is 29.6 Å². The van der Waals surface area contributed by atoms with Gasteiger partial charge in [-0.1, -0.05) is 6.92 Å². The molecule has 1 aromatic rings. The van der Waals surface area contributed by atoms with Crippen LogP contribution in [0.5, 0.6) is 0 Å². The second kappa shape index (κ2) is 6.20. The first kappa shape index (κ1) is 13.4. The molecule has 94 valence electrons. The maximum absolute atomic E-state index is 13.6. The zero-order valence-electron chi connectivity index (χ0n) is 9.61. The number of carboxylic acids is 1. The van der Waals surface area contributed by atoms with Crippen molar-refractivity contribution in [1.82, 2.24) is 0 Å². The Morgan fingerprint density at radius 1 is 1.53 bits per heavy atom. The Kier molecular flexibility index (Phi) is 4.90. The summed E-state index contributed by atoms with van der Waals surface area (Å²) in [7, 11) is 0. The van der Waals surface area contributed by atoms with Gasteiger partial charge in [-0.15, -0.1) is 0 Å². The van der Waals surface area contributed by atoms with E-state index < -0.39 is 11.8 Å². The highest BCUT2D eigenvalue weighted by Gasteiger charge is 2.11. The summed E-state index contributed by atoms with van der Waals surface area (Å²) >= 11 is 0. The molecule has 4 nitrogen and oxygen atoms in total. The van der Waals surface area contributed by atoms with Crippen LogP contribution in [-0.2, 0) is 0 Å². The van der Waals surface area contributed by atoms with E-state index in [4.69, 9.17) is 10.2 Å². The van der Waals surface area contributed by atoms with Crippen LogP contribution >= 0.6 is 0 Å². The maximum Gasteiger partial charge on any atom is 0.335 e. The molecule has 0 heterocycles. The van der Waals surface area contributed by atoms with Gasteiger partial charge < -0.3 is 15.5 Å². The summed E-state index contributed by atoms with van der Waals surface area (Å²) in [6, 6.07) is 3.71. The van der Waals surface area contributed by atoms with E-state index in [1.54, 1.807) is 0 Å². The number of hydrogen-bond acceptors (Lipinski definition) is 3. The fraction of sp³-hybridized carbons (Fsp3) is 0.417. The van der Waals surface area contributed by atoms with E-state index in [1.165, 1.54) is 12.1 Å². The fourth-order valence-electron chi connectivity index (χ4n) is 1.52. The minimum absolute atomic E-state index is 0.0230. The average Bonchev–Trinajstić information content (AvgIpc) is 2.30. The molecule has 0 fully saturated rings. The molecule has 1 rings (SSSR count). The second-order valence-corrected chi connectivity index (χ2v) is 3.76. The molecule has 0 bridgehead atoms. The predicted octanol–water partition coefficient (Wildman–Crippen LogP) is 2.10. The van der Waals surface area contributed by atoms with E-state index >= 15 is 0 Å². The third-order valence-electron chi connectivity index (χ3n) is 2.55. The van der Waals surface area contributed by atoms with Gasteiger partial charge in [-0.05, 0) is 31.0 Å². The van der Waals surface area contributed by atoms with Crippen LogP contribution in [0.2, 0.25) is 0 Å². The fourth-order valence-corrected chi connectivity index (χ4v) is 1.52. The smallest absolute Gasteiger partial charge is 0.335 e. The Balaban J connectivity index is 2.81. The van der Waals surface area contributed by atoms with Crippen molar-refractivity contribution in [2.24, 2.45) is 0 Å². The predicted molar refractivity (Wildman–Crippen MR) is 62.8 cm³/mol. The Bertz CT molecular complexity index is 395. The van der Waals surface area contributed by atoms with Gasteiger partial charge in [-0.25, -0.2) is 9.18 Å². The van der Waals surface area contributed by atoms with Crippen LogP contribution in [0.4, 0.5) is 10.1 Å². The number of benzene rings is 1. The summed E-state index contributed by atoms with van der Waals surface area (Å²) in [4.78, 5) is 10.6. The molecule has 0 saturated heterocycles. The van der Waals surface area contributed by atoms with Crippen LogP contribution in [0.25, 0.3) is 0 Å². The molecule has 1 aromatic carbocycles. The minimum atomic E-state index is -1.15. The molecular formula is C12H16FNO3. The van der Waals surface area contributed by atoms with Crippen molar-refractivity contribution in [2.75, 3.05) is 11.9 Å². The molecule has 3 N–H and O–H groups in total. The third-order valence-corrected chi connectivity index (χ3v) is 2.55. The summed E-state index contributed by atoms with van der Waals surface area (Å²) in [5, 5.41) is 20.4.